The third-order valence-corrected chi connectivity index (χ3v) is 3.55. The number of halogens is 3. The fourth-order valence-corrected chi connectivity index (χ4v) is 2.34. The Balaban J connectivity index is 2.42. The fourth-order valence-electron chi connectivity index (χ4n) is 1.89. The molecule has 0 fully saturated rings. The van der Waals surface area contributed by atoms with Gasteiger partial charge in [-0.3, -0.25) is 0 Å². The summed E-state index contributed by atoms with van der Waals surface area (Å²) < 4.78 is 29.9. The highest BCUT2D eigenvalue weighted by molar-refractivity contribution is 9.10. The van der Waals surface area contributed by atoms with Crippen molar-refractivity contribution >= 4 is 15.9 Å². The van der Waals surface area contributed by atoms with Gasteiger partial charge in [0.15, 0.2) is 0 Å². The van der Waals surface area contributed by atoms with E-state index >= 15 is 0 Å². The first kappa shape index (κ1) is 16.5. The van der Waals surface area contributed by atoms with Gasteiger partial charge in [-0.1, -0.05) is 41.1 Å². The van der Waals surface area contributed by atoms with Crippen molar-refractivity contribution in [3.63, 3.8) is 0 Å². The largest absolute Gasteiger partial charge is 0.375 e. The van der Waals surface area contributed by atoms with Gasteiger partial charge in [-0.05, 0) is 31.0 Å². The molecule has 1 rings (SSSR count). The number of ether oxygens (including phenoxy) is 1. The molecular weight excluding hydrogens is 316 g/mol. The van der Waals surface area contributed by atoms with Crippen LogP contribution in [-0.4, -0.2) is 32.2 Å². The Morgan fingerprint density at radius 3 is 2.68 bits per heavy atom. The second kappa shape index (κ2) is 9.39. The van der Waals surface area contributed by atoms with Gasteiger partial charge in [0.2, 0.25) is 0 Å². The lowest BCUT2D eigenvalue weighted by Gasteiger charge is -2.18. The first-order valence-corrected chi connectivity index (χ1v) is 7.25. The van der Waals surface area contributed by atoms with Crippen LogP contribution in [0.15, 0.2) is 28.7 Å². The van der Waals surface area contributed by atoms with Gasteiger partial charge in [-0.25, -0.2) is 8.78 Å². The van der Waals surface area contributed by atoms with Gasteiger partial charge < -0.3 is 10.1 Å². The molecule has 19 heavy (non-hydrogen) atoms. The molecule has 0 aliphatic rings. The third kappa shape index (κ3) is 6.99. The Morgan fingerprint density at radius 2 is 2.05 bits per heavy atom. The number of rotatable bonds is 9. The van der Waals surface area contributed by atoms with Gasteiger partial charge in [0.1, 0.15) is 6.61 Å². The third-order valence-electron chi connectivity index (χ3n) is 2.77. The zero-order valence-corrected chi connectivity index (χ0v) is 12.6. The van der Waals surface area contributed by atoms with Crippen LogP contribution < -0.4 is 5.32 Å². The van der Waals surface area contributed by atoms with Crippen molar-refractivity contribution in [2.45, 2.75) is 32.2 Å². The molecule has 0 saturated heterocycles. The number of hydrogen-bond donors (Lipinski definition) is 1. The number of nitrogens with one attached hydrogen (secondary N) is 1. The molecule has 5 heteroatoms. The summed E-state index contributed by atoms with van der Waals surface area (Å²) in [6.07, 6.45) is -0.810. The summed E-state index contributed by atoms with van der Waals surface area (Å²) in [5, 5.41) is 3.36. The molecule has 0 aromatic heterocycles. The quantitative estimate of drug-likeness (QED) is 0.695. The normalized spacial score (nSPS) is 12.9. The minimum atomic E-state index is -2.39. The van der Waals surface area contributed by atoms with Gasteiger partial charge >= 0.3 is 0 Å². The van der Waals surface area contributed by atoms with Gasteiger partial charge in [0, 0.05) is 17.1 Å². The lowest BCUT2D eigenvalue weighted by molar-refractivity contribution is 0.0144. The van der Waals surface area contributed by atoms with Crippen molar-refractivity contribution in [2.24, 2.45) is 0 Å². The standard InChI is InChI=1S/C14H20BrF2NO/c1-2-18-12(7-8-19-10-14(16)17)9-11-5-3-4-6-13(11)15/h3-6,12,14,18H,2,7-10H2,1H3. The molecule has 0 aliphatic heterocycles. The molecule has 1 aromatic rings. The maximum Gasteiger partial charge on any atom is 0.261 e. The van der Waals surface area contributed by atoms with E-state index in [2.05, 4.69) is 27.3 Å². The number of alkyl halides is 2. The monoisotopic (exact) mass is 335 g/mol. The molecule has 0 heterocycles. The van der Waals surface area contributed by atoms with Crippen LogP contribution in [0, 0.1) is 0 Å². The lowest BCUT2D eigenvalue weighted by Crippen LogP contribution is -2.32. The van der Waals surface area contributed by atoms with E-state index in [1.165, 1.54) is 5.56 Å². The Labute approximate surface area is 121 Å². The molecule has 0 aliphatic carbocycles. The lowest BCUT2D eigenvalue weighted by atomic mass is 10.0. The molecular formula is C14H20BrF2NO. The van der Waals surface area contributed by atoms with Crippen LogP contribution in [0.3, 0.4) is 0 Å². The van der Waals surface area contributed by atoms with Crippen molar-refractivity contribution in [1.29, 1.82) is 0 Å². The van der Waals surface area contributed by atoms with Crippen LogP contribution in [0.2, 0.25) is 0 Å². The maximum atomic E-state index is 12.0. The maximum absolute atomic E-state index is 12.0. The zero-order valence-electron chi connectivity index (χ0n) is 11.0. The van der Waals surface area contributed by atoms with E-state index in [0.717, 1.165) is 23.9 Å². The van der Waals surface area contributed by atoms with E-state index in [1.54, 1.807) is 0 Å². The van der Waals surface area contributed by atoms with Crippen molar-refractivity contribution < 1.29 is 13.5 Å². The number of benzene rings is 1. The molecule has 0 saturated carbocycles. The smallest absolute Gasteiger partial charge is 0.261 e. The molecule has 0 spiro atoms. The molecule has 0 amide bonds. The van der Waals surface area contributed by atoms with E-state index in [9.17, 15) is 8.78 Å². The van der Waals surface area contributed by atoms with Crippen molar-refractivity contribution in [2.75, 3.05) is 19.8 Å². The summed E-state index contributed by atoms with van der Waals surface area (Å²) in [6, 6.07) is 8.28. The fraction of sp³-hybridized carbons (Fsp3) is 0.571. The molecule has 1 unspecified atom stereocenters. The average molecular weight is 336 g/mol. The summed E-state index contributed by atoms with van der Waals surface area (Å²) in [5.41, 5.74) is 1.21. The summed E-state index contributed by atoms with van der Waals surface area (Å²) >= 11 is 3.52. The summed E-state index contributed by atoms with van der Waals surface area (Å²) in [7, 11) is 0. The van der Waals surface area contributed by atoms with Crippen LogP contribution in [0.25, 0.3) is 0 Å². The van der Waals surface area contributed by atoms with Gasteiger partial charge in [-0.2, -0.15) is 0 Å². The van der Waals surface area contributed by atoms with Crippen molar-refractivity contribution in [3.8, 4) is 0 Å². The first-order chi connectivity index (χ1) is 9.13. The number of likely N-dealkylation sites (N-methyl/N-ethyl adjacent to an activating group) is 1. The van der Waals surface area contributed by atoms with E-state index < -0.39 is 13.0 Å². The minimum Gasteiger partial charge on any atom is -0.375 e. The van der Waals surface area contributed by atoms with Crippen LogP contribution in [0.1, 0.15) is 18.9 Å². The van der Waals surface area contributed by atoms with Crippen molar-refractivity contribution in [3.05, 3.63) is 34.3 Å². The second-order valence-electron chi connectivity index (χ2n) is 4.30. The van der Waals surface area contributed by atoms with E-state index in [1.807, 2.05) is 25.1 Å². The SMILES string of the molecule is CCNC(CCOCC(F)F)Cc1ccccc1Br. The average Bonchev–Trinajstić information content (AvgIpc) is 2.37. The topological polar surface area (TPSA) is 21.3 Å². The predicted molar refractivity (Wildman–Crippen MR) is 76.8 cm³/mol. The number of hydrogen-bond acceptors (Lipinski definition) is 2. The Hall–Kier alpha value is -0.520. The Bertz CT molecular complexity index is 363. The highest BCUT2D eigenvalue weighted by atomic mass is 79.9. The first-order valence-electron chi connectivity index (χ1n) is 6.46. The van der Waals surface area contributed by atoms with Crippen molar-refractivity contribution in [1.82, 2.24) is 5.32 Å². The van der Waals surface area contributed by atoms with Crippen LogP contribution >= 0.6 is 15.9 Å². The molecule has 1 N–H and O–H groups in total. The van der Waals surface area contributed by atoms with E-state index in [0.29, 0.717) is 6.61 Å². The highest BCUT2D eigenvalue weighted by Crippen LogP contribution is 2.18. The van der Waals surface area contributed by atoms with E-state index in [4.69, 9.17) is 4.74 Å². The van der Waals surface area contributed by atoms with Crippen LogP contribution in [0.4, 0.5) is 8.78 Å². The van der Waals surface area contributed by atoms with Crippen LogP contribution in [-0.2, 0) is 11.2 Å². The molecule has 0 radical (unpaired) electrons. The summed E-state index contributed by atoms with van der Waals surface area (Å²) in [6.45, 7) is 2.76. The minimum absolute atomic E-state index is 0.237. The predicted octanol–water partition coefficient (Wildman–Crippen LogP) is 3.64. The molecule has 0 bridgehead atoms. The van der Waals surface area contributed by atoms with Gasteiger partial charge in [-0.15, -0.1) is 0 Å². The zero-order chi connectivity index (χ0) is 14.1. The molecule has 2 nitrogen and oxygen atoms in total. The Morgan fingerprint density at radius 1 is 1.32 bits per heavy atom. The Kier molecular flexibility index (Phi) is 8.18. The van der Waals surface area contributed by atoms with E-state index in [-0.39, 0.29) is 6.04 Å². The summed E-state index contributed by atoms with van der Waals surface area (Å²) in [5.74, 6) is 0. The molecule has 1 aromatic carbocycles. The van der Waals surface area contributed by atoms with Gasteiger partial charge in [0.05, 0.1) is 0 Å². The second-order valence-corrected chi connectivity index (χ2v) is 5.16. The molecule has 1 atom stereocenters. The van der Waals surface area contributed by atoms with Gasteiger partial charge in [0.25, 0.3) is 6.43 Å². The van der Waals surface area contributed by atoms with Crippen LogP contribution in [0.5, 0.6) is 0 Å². The molecule has 108 valence electrons. The highest BCUT2D eigenvalue weighted by Gasteiger charge is 2.11. The summed E-state index contributed by atoms with van der Waals surface area (Å²) in [4.78, 5) is 0.